The maximum atomic E-state index is 13.1. The van der Waals surface area contributed by atoms with Gasteiger partial charge >= 0.3 is 0 Å². The van der Waals surface area contributed by atoms with Crippen molar-refractivity contribution in [2.24, 2.45) is 0 Å². The minimum Gasteiger partial charge on any atom is -0.367 e. The normalized spacial score (nSPS) is 15.2. The van der Waals surface area contributed by atoms with E-state index in [0.717, 1.165) is 38.4 Å². The summed E-state index contributed by atoms with van der Waals surface area (Å²) in [5.74, 6) is 0.0905. The number of amides is 1. The van der Waals surface area contributed by atoms with Gasteiger partial charge in [0.25, 0.3) is 5.91 Å². The Bertz CT molecular complexity index is 1050. The number of hydrogen-bond acceptors (Lipinski definition) is 7. The number of carbonyl (C=O) groups is 1. The number of sulfonamides is 1. The van der Waals surface area contributed by atoms with Gasteiger partial charge in [-0.15, -0.1) is 0 Å². The minimum atomic E-state index is -3.66. The van der Waals surface area contributed by atoms with E-state index >= 15 is 0 Å². The molecule has 2 heterocycles. The largest absolute Gasteiger partial charge is 0.367 e. The Labute approximate surface area is 190 Å². The third-order valence-electron chi connectivity index (χ3n) is 5.73. The van der Waals surface area contributed by atoms with Crippen molar-refractivity contribution in [1.82, 2.24) is 19.2 Å². The van der Waals surface area contributed by atoms with Gasteiger partial charge in [-0.25, -0.2) is 18.4 Å². The van der Waals surface area contributed by atoms with E-state index in [1.165, 1.54) is 10.5 Å². The fourth-order valence-electron chi connectivity index (χ4n) is 3.84. The molecule has 1 aromatic heterocycles. The number of hydrogen-bond donors (Lipinski definition) is 1. The summed E-state index contributed by atoms with van der Waals surface area (Å²) in [6.45, 7) is 12.6. The smallest absolute Gasteiger partial charge is 0.274 e. The molecule has 0 radical (unpaired) electrons. The molecule has 0 saturated carbocycles. The molecular formula is C22H32N6O3S. The Morgan fingerprint density at radius 3 is 2.38 bits per heavy atom. The maximum Gasteiger partial charge on any atom is 0.274 e. The van der Waals surface area contributed by atoms with Crippen molar-refractivity contribution in [3.05, 3.63) is 42.0 Å². The maximum absolute atomic E-state index is 13.1. The molecule has 32 heavy (non-hydrogen) atoms. The lowest BCUT2D eigenvalue weighted by molar-refractivity contribution is 0.102. The second-order valence-electron chi connectivity index (χ2n) is 7.63. The molecule has 2 aromatic rings. The fraction of sp³-hybridized carbons (Fsp3) is 0.500. The number of carbonyl (C=O) groups excluding carboxylic acids is 1. The van der Waals surface area contributed by atoms with Gasteiger partial charge in [0.05, 0.1) is 16.3 Å². The van der Waals surface area contributed by atoms with Crippen molar-refractivity contribution in [2.75, 3.05) is 56.0 Å². The molecule has 0 bridgehead atoms. The van der Waals surface area contributed by atoms with Crippen LogP contribution in [0.2, 0.25) is 0 Å². The molecule has 0 aliphatic carbocycles. The monoisotopic (exact) mass is 460 g/mol. The highest BCUT2D eigenvalue weighted by molar-refractivity contribution is 7.89. The molecule has 3 rings (SSSR count). The molecule has 1 saturated heterocycles. The number of rotatable bonds is 8. The van der Waals surface area contributed by atoms with Gasteiger partial charge in [-0.2, -0.15) is 4.31 Å². The second-order valence-corrected chi connectivity index (χ2v) is 9.57. The first-order chi connectivity index (χ1) is 15.3. The molecule has 1 fully saturated rings. The average molecular weight is 461 g/mol. The summed E-state index contributed by atoms with van der Waals surface area (Å²) in [6.07, 6.45) is 1.53. The number of aromatic nitrogens is 2. The lowest BCUT2D eigenvalue weighted by Gasteiger charge is -2.36. The number of aryl methyl sites for hydroxylation is 1. The fourth-order valence-corrected chi connectivity index (χ4v) is 5.32. The van der Waals surface area contributed by atoms with Crippen molar-refractivity contribution in [3.8, 4) is 0 Å². The molecule has 1 N–H and O–H groups in total. The van der Waals surface area contributed by atoms with E-state index in [1.807, 2.05) is 13.8 Å². The predicted octanol–water partition coefficient (Wildman–Crippen LogP) is 2.21. The molecule has 0 atom stereocenters. The molecule has 0 spiro atoms. The molecule has 174 valence electrons. The van der Waals surface area contributed by atoms with Gasteiger partial charge in [0.2, 0.25) is 10.0 Å². The second kappa shape index (κ2) is 10.4. The summed E-state index contributed by atoms with van der Waals surface area (Å²) in [6, 6.07) is 6.51. The van der Waals surface area contributed by atoms with Crippen molar-refractivity contribution in [3.63, 3.8) is 0 Å². The van der Waals surface area contributed by atoms with Gasteiger partial charge in [-0.3, -0.25) is 4.79 Å². The highest BCUT2D eigenvalue weighted by Crippen LogP contribution is 2.31. The molecular weight excluding hydrogens is 428 g/mol. The van der Waals surface area contributed by atoms with Crippen LogP contribution in [-0.2, 0) is 10.0 Å². The van der Waals surface area contributed by atoms with Crippen LogP contribution in [0.15, 0.2) is 35.4 Å². The SMILES string of the molecule is CCN1CCN(c2ccc(S(=O)(=O)N(CC)CC)cc2NC(=O)c2ccnc(C)n2)CC1. The quantitative estimate of drug-likeness (QED) is 0.645. The standard InChI is InChI=1S/C22H32N6O3S/c1-5-26-12-14-27(15-13-26)21-9-8-18(32(30,31)28(6-2)7-3)16-20(21)25-22(29)19-10-11-23-17(4)24-19/h8-11,16H,5-7,12-15H2,1-4H3,(H,25,29). The van der Waals surface area contributed by atoms with E-state index in [4.69, 9.17) is 0 Å². The van der Waals surface area contributed by atoms with Crippen molar-refractivity contribution < 1.29 is 13.2 Å². The van der Waals surface area contributed by atoms with Gasteiger partial charge in [0.1, 0.15) is 11.5 Å². The summed E-state index contributed by atoms with van der Waals surface area (Å²) in [4.78, 5) is 25.8. The summed E-state index contributed by atoms with van der Waals surface area (Å²) in [5.41, 5.74) is 1.50. The number of nitrogens with one attached hydrogen (secondary N) is 1. The van der Waals surface area contributed by atoms with Crippen LogP contribution in [0.1, 0.15) is 37.1 Å². The van der Waals surface area contributed by atoms with Crippen LogP contribution < -0.4 is 10.2 Å². The van der Waals surface area contributed by atoms with Gasteiger partial charge in [-0.05, 0) is 37.7 Å². The third kappa shape index (κ3) is 5.25. The van der Waals surface area contributed by atoms with E-state index < -0.39 is 15.9 Å². The minimum absolute atomic E-state index is 0.159. The first-order valence-electron chi connectivity index (χ1n) is 11.0. The van der Waals surface area contributed by atoms with Gasteiger partial charge in [-0.1, -0.05) is 20.8 Å². The average Bonchev–Trinajstić information content (AvgIpc) is 2.79. The van der Waals surface area contributed by atoms with E-state index in [1.54, 1.807) is 31.2 Å². The van der Waals surface area contributed by atoms with Gasteiger partial charge in [0, 0.05) is 45.5 Å². The van der Waals surface area contributed by atoms with Crippen LogP contribution >= 0.6 is 0 Å². The zero-order valence-corrected chi connectivity index (χ0v) is 20.0. The van der Waals surface area contributed by atoms with Crippen LogP contribution in [0.25, 0.3) is 0 Å². The molecule has 1 amide bonds. The third-order valence-corrected chi connectivity index (χ3v) is 7.77. The van der Waals surface area contributed by atoms with Crippen LogP contribution in [-0.4, -0.2) is 79.3 Å². The topological polar surface area (TPSA) is 98.7 Å². The number of piperazine rings is 1. The number of anilines is 2. The van der Waals surface area contributed by atoms with E-state index in [9.17, 15) is 13.2 Å². The molecule has 1 aromatic carbocycles. The summed E-state index contributed by atoms with van der Waals surface area (Å²) < 4.78 is 27.6. The first kappa shape index (κ1) is 24.1. The first-order valence-corrected chi connectivity index (χ1v) is 12.5. The van der Waals surface area contributed by atoms with Crippen LogP contribution in [0.5, 0.6) is 0 Å². The van der Waals surface area contributed by atoms with E-state index in [0.29, 0.717) is 24.6 Å². The highest BCUT2D eigenvalue weighted by atomic mass is 32.2. The van der Waals surface area contributed by atoms with Gasteiger partial charge in [0.15, 0.2) is 0 Å². The summed E-state index contributed by atoms with van der Waals surface area (Å²) in [5, 5.41) is 2.90. The Morgan fingerprint density at radius 1 is 1.09 bits per heavy atom. The molecule has 10 heteroatoms. The Kier molecular flexibility index (Phi) is 7.81. The lowest BCUT2D eigenvalue weighted by Crippen LogP contribution is -2.46. The Balaban J connectivity index is 1.98. The number of likely N-dealkylation sites (N-methyl/N-ethyl adjacent to an activating group) is 1. The molecule has 1 aliphatic heterocycles. The summed E-state index contributed by atoms with van der Waals surface area (Å²) in [7, 11) is -3.66. The zero-order chi connectivity index (χ0) is 23.3. The van der Waals surface area contributed by atoms with Crippen molar-refractivity contribution in [2.45, 2.75) is 32.6 Å². The van der Waals surface area contributed by atoms with E-state index in [-0.39, 0.29) is 10.6 Å². The number of benzene rings is 1. The van der Waals surface area contributed by atoms with Crippen molar-refractivity contribution >= 4 is 27.3 Å². The number of nitrogens with zero attached hydrogens (tertiary/aromatic N) is 5. The summed E-state index contributed by atoms with van der Waals surface area (Å²) >= 11 is 0. The lowest BCUT2D eigenvalue weighted by atomic mass is 10.2. The Morgan fingerprint density at radius 2 is 1.78 bits per heavy atom. The zero-order valence-electron chi connectivity index (χ0n) is 19.2. The highest BCUT2D eigenvalue weighted by Gasteiger charge is 2.25. The predicted molar refractivity (Wildman–Crippen MR) is 126 cm³/mol. The van der Waals surface area contributed by atoms with Gasteiger partial charge < -0.3 is 15.1 Å². The van der Waals surface area contributed by atoms with E-state index in [2.05, 4.69) is 32.0 Å². The van der Waals surface area contributed by atoms with Crippen LogP contribution in [0.4, 0.5) is 11.4 Å². The van der Waals surface area contributed by atoms with Crippen LogP contribution in [0.3, 0.4) is 0 Å². The van der Waals surface area contributed by atoms with Crippen LogP contribution in [0, 0.1) is 6.92 Å². The molecule has 0 unspecified atom stereocenters. The Hall–Kier alpha value is -2.56. The van der Waals surface area contributed by atoms with Crippen molar-refractivity contribution in [1.29, 1.82) is 0 Å². The molecule has 1 aliphatic rings. The molecule has 9 nitrogen and oxygen atoms in total.